The van der Waals surface area contributed by atoms with Crippen LogP contribution in [0.15, 0.2) is 53.5 Å². The topological polar surface area (TPSA) is 38.4 Å². The maximum atomic E-state index is 6.07. The van der Waals surface area contributed by atoms with E-state index in [1.165, 1.54) is 0 Å². The lowest BCUT2D eigenvalue weighted by atomic mass is 10.2. The molecule has 2 nitrogen and oxygen atoms in total. The second-order valence-corrected chi connectivity index (χ2v) is 4.23. The van der Waals surface area contributed by atoms with Crippen LogP contribution in [0.2, 0.25) is 5.02 Å². The highest BCUT2D eigenvalue weighted by molar-refractivity contribution is 6.33. The van der Waals surface area contributed by atoms with Crippen molar-refractivity contribution in [3.05, 3.63) is 64.7 Å². The van der Waals surface area contributed by atoms with E-state index in [1.54, 1.807) is 0 Å². The first-order valence-electron chi connectivity index (χ1n) is 5.32. The molecule has 0 aromatic heterocycles. The van der Waals surface area contributed by atoms with Gasteiger partial charge in [0.05, 0.1) is 10.7 Å². The van der Waals surface area contributed by atoms with Crippen molar-refractivity contribution in [2.45, 2.75) is 6.92 Å². The number of hydrogen-bond acceptors (Lipinski definition) is 1. The third-order valence-electron chi connectivity index (χ3n) is 2.41. The van der Waals surface area contributed by atoms with Gasteiger partial charge in [-0.2, -0.15) is 0 Å². The average Bonchev–Trinajstić information content (AvgIpc) is 2.35. The fourth-order valence-corrected chi connectivity index (χ4v) is 1.67. The molecule has 0 spiro atoms. The van der Waals surface area contributed by atoms with Gasteiger partial charge < -0.3 is 5.73 Å². The van der Waals surface area contributed by atoms with Crippen LogP contribution in [0.5, 0.6) is 0 Å². The minimum absolute atomic E-state index is 0.470. The first-order valence-corrected chi connectivity index (χ1v) is 5.70. The molecule has 17 heavy (non-hydrogen) atoms. The molecule has 3 heteroatoms. The molecular weight excluding hydrogens is 232 g/mol. The third kappa shape index (κ3) is 2.86. The van der Waals surface area contributed by atoms with Gasteiger partial charge in [-0.05, 0) is 24.6 Å². The number of rotatable bonds is 2. The molecule has 2 aromatic rings. The van der Waals surface area contributed by atoms with Crippen molar-refractivity contribution >= 4 is 23.1 Å². The summed E-state index contributed by atoms with van der Waals surface area (Å²) >= 11 is 6.07. The van der Waals surface area contributed by atoms with Gasteiger partial charge in [-0.15, -0.1) is 0 Å². The number of nitrogens with zero attached hydrogens (tertiary/aromatic N) is 1. The van der Waals surface area contributed by atoms with Crippen LogP contribution in [0.3, 0.4) is 0 Å². The standard InChI is InChI=1S/C14H13ClN2/c1-10-7-8-12(15)13(9-10)17-14(16)11-5-3-2-4-6-11/h2-9H,1H3,(H2,16,17). The van der Waals surface area contributed by atoms with Gasteiger partial charge >= 0.3 is 0 Å². The zero-order chi connectivity index (χ0) is 12.3. The van der Waals surface area contributed by atoms with Crippen LogP contribution in [0, 0.1) is 6.92 Å². The number of aryl methyl sites for hydroxylation is 1. The molecule has 0 amide bonds. The Labute approximate surface area is 106 Å². The van der Waals surface area contributed by atoms with Crippen molar-refractivity contribution in [2.75, 3.05) is 0 Å². The lowest BCUT2D eigenvalue weighted by Gasteiger charge is -2.03. The summed E-state index contributed by atoms with van der Waals surface area (Å²) in [6, 6.07) is 15.3. The monoisotopic (exact) mass is 244 g/mol. The Bertz CT molecular complexity index is 547. The third-order valence-corrected chi connectivity index (χ3v) is 2.73. The Hall–Kier alpha value is -1.80. The first kappa shape index (κ1) is 11.7. The number of benzene rings is 2. The Balaban J connectivity index is 2.39. The van der Waals surface area contributed by atoms with Gasteiger partial charge in [0.1, 0.15) is 5.84 Å². The van der Waals surface area contributed by atoms with Crippen LogP contribution in [0.25, 0.3) is 0 Å². The van der Waals surface area contributed by atoms with Gasteiger partial charge in [0.2, 0.25) is 0 Å². The van der Waals surface area contributed by atoms with Crippen molar-refractivity contribution in [2.24, 2.45) is 10.7 Å². The van der Waals surface area contributed by atoms with E-state index in [9.17, 15) is 0 Å². The zero-order valence-electron chi connectivity index (χ0n) is 9.52. The second kappa shape index (κ2) is 5.02. The lowest BCUT2D eigenvalue weighted by Crippen LogP contribution is -2.12. The molecule has 0 aliphatic heterocycles. The molecule has 0 saturated heterocycles. The van der Waals surface area contributed by atoms with E-state index in [4.69, 9.17) is 17.3 Å². The number of aliphatic imine (C=N–C) groups is 1. The predicted octanol–water partition coefficient (Wildman–Crippen LogP) is 3.69. The molecular formula is C14H13ClN2. The van der Waals surface area contributed by atoms with Crippen molar-refractivity contribution in [1.29, 1.82) is 0 Å². The van der Waals surface area contributed by atoms with Gasteiger partial charge in [0, 0.05) is 5.56 Å². The number of hydrogen-bond donors (Lipinski definition) is 1. The Morgan fingerprint density at radius 3 is 2.53 bits per heavy atom. The molecule has 0 unspecified atom stereocenters. The smallest absolute Gasteiger partial charge is 0.131 e. The van der Waals surface area contributed by atoms with Crippen LogP contribution in [-0.4, -0.2) is 5.84 Å². The van der Waals surface area contributed by atoms with E-state index in [2.05, 4.69) is 4.99 Å². The molecule has 0 bridgehead atoms. The Morgan fingerprint density at radius 1 is 1.12 bits per heavy atom. The molecule has 0 aliphatic rings. The minimum Gasteiger partial charge on any atom is -0.383 e. The molecule has 2 aromatic carbocycles. The van der Waals surface area contributed by atoms with Gasteiger partial charge in [-0.25, -0.2) is 4.99 Å². The number of nitrogens with two attached hydrogens (primary N) is 1. The molecule has 0 atom stereocenters. The van der Waals surface area contributed by atoms with E-state index < -0.39 is 0 Å². The summed E-state index contributed by atoms with van der Waals surface area (Å²) in [7, 11) is 0. The molecule has 0 aliphatic carbocycles. The van der Waals surface area contributed by atoms with E-state index in [0.717, 1.165) is 11.1 Å². The van der Waals surface area contributed by atoms with Crippen molar-refractivity contribution < 1.29 is 0 Å². The van der Waals surface area contributed by atoms with E-state index in [0.29, 0.717) is 16.5 Å². The highest BCUT2D eigenvalue weighted by Crippen LogP contribution is 2.26. The van der Waals surface area contributed by atoms with Gasteiger partial charge in [-0.1, -0.05) is 48.0 Å². The molecule has 2 N–H and O–H groups in total. The maximum absolute atomic E-state index is 6.07. The minimum atomic E-state index is 0.470. The average molecular weight is 245 g/mol. The molecule has 0 radical (unpaired) electrons. The number of amidine groups is 1. The van der Waals surface area contributed by atoms with Gasteiger partial charge in [0.25, 0.3) is 0 Å². The van der Waals surface area contributed by atoms with Crippen LogP contribution in [0.1, 0.15) is 11.1 Å². The van der Waals surface area contributed by atoms with Crippen molar-refractivity contribution in [1.82, 2.24) is 0 Å². The highest BCUT2D eigenvalue weighted by atomic mass is 35.5. The summed E-state index contributed by atoms with van der Waals surface area (Å²) in [6.07, 6.45) is 0. The lowest BCUT2D eigenvalue weighted by molar-refractivity contribution is 1.40. The largest absolute Gasteiger partial charge is 0.383 e. The van der Waals surface area contributed by atoms with E-state index in [-0.39, 0.29) is 0 Å². The predicted molar refractivity (Wildman–Crippen MR) is 73.0 cm³/mol. The molecule has 0 heterocycles. The first-order chi connectivity index (χ1) is 8.16. The van der Waals surface area contributed by atoms with Gasteiger partial charge in [0.15, 0.2) is 0 Å². The maximum Gasteiger partial charge on any atom is 0.131 e. The SMILES string of the molecule is Cc1ccc(Cl)c(N=C(N)c2ccccc2)c1. The number of halogens is 1. The molecule has 0 saturated carbocycles. The van der Waals surface area contributed by atoms with Crippen LogP contribution >= 0.6 is 11.6 Å². The Kier molecular flexibility index (Phi) is 3.45. The quantitative estimate of drug-likeness (QED) is 0.635. The molecule has 86 valence electrons. The molecule has 0 fully saturated rings. The fraction of sp³-hybridized carbons (Fsp3) is 0.0714. The summed E-state index contributed by atoms with van der Waals surface area (Å²) in [6.45, 7) is 1.99. The molecule has 2 rings (SSSR count). The fourth-order valence-electron chi connectivity index (χ4n) is 1.51. The summed E-state index contributed by atoms with van der Waals surface area (Å²) in [5, 5.41) is 0.606. The normalized spacial score (nSPS) is 11.5. The second-order valence-electron chi connectivity index (χ2n) is 3.82. The summed E-state index contributed by atoms with van der Waals surface area (Å²) in [5.74, 6) is 0.470. The van der Waals surface area contributed by atoms with E-state index in [1.807, 2.05) is 55.5 Å². The van der Waals surface area contributed by atoms with Crippen LogP contribution in [0.4, 0.5) is 5.69 Å². The van der Waals surface area contributed by atoms with Crippen molar-refractivity contribution in [3.8, 4) is 0 Å². The summed E-state index contributed by atoms with van der Waals surface area (Å²) in [4.78, 5) is 4.35. The van der Waals surface area contributed by atoms with Gasteiger partial charge in [-0.3, -0.25) is 0 Å². The van der Waals surface area contributed by atoms with E-state index >= 15 is 0 Å². The van der Waals surface area contributed by atoms with Crippen LogP contribution < -0.4 is 5.73 Å². The summed E-state index contributed by atoms with van der Waals surface area (Å²) in [5.41, 5.74) is 8.64. The summed E-state index contributed by atoms with van der Waals surface area (Å²) < 4.78 is 0. The zero-order valence-corrected chi connectivity index (χ0v) is 10.3. The Morgan fingerprint density at radius 2 is 1.82 bits per heavy atom. The van der Waals surface area contributed by atoms with Crippen LogP contribution in [-0.2, 0) is 0 Å². The highest BCUT2D eigenvalue weighted by Gasteiger charge is 2.01. The van der Waals surface area contributed by atoms with Crippen molar-refractivity contribution in [3.63, 3.8) is 0 Å².